The molecule has 230 valence electrons. The van der Waals surface area contributed by atoms with Gasteiger partial charge in [-0.2, -0.15) is 10.2 Å². The number of hydrogen-bond donors (Lipinski definition) is 4. The summed E-state index contributed by atoms with van der Waals surface area (Å²) in [6.07, 6.45) is 3.95. The van der Waals surface area contributed by atoms with Crippen LogP contribution >= 0.6 is 0 Å². The maximum atomic E-state index is 12.5. The van der Waals surface area contributed by atoms with Crippen LogP contribution in [0.2, 0.25) is 0 Å². The Kier molecular flexibility index (Phi) is 4.72. The third-order valence-electron chi connectivity index (χ3n) is 13.4. The Morgan fingerprint density at radius 2 is 1.11 bits per heavy atom. The Labute approximate surface area is 255 Å². The molecule has 2 saturated carbocycles. The van der Waals surface area contributed by atoms with Crippen molar-refractivity contribution in [1.29, 1.82) is 0 Å². The molecule has 4 aliphatic carbocycles. The molecule has 4 aliphatic heterocycles. The van der Waals surface area contributed by atoms with E-state index >= 15 is 0 Å². The van der Waals surface area contributed by atoms with Crippen molar-refractivity contribution >= 4 is 11.4 Å². The van der Waals surface area contributed by atoms with Gasteiger partial charge in [0.2, 0.25) is 0 Å². The predicted octanol–water partition coefficient (Wildman–Crippen LogP) is 2.16. The van der Waals surface area contributed by atoms with E-state index in [0.717, 1.165) is 59.6 Å². The SMILES string of the molecule is CN1CC[C@]23c4c5ccc(O)c4O[C@H]2/C(=N\N=C2\CC[C@@]4(O)[C@H]6Cc7ccc(O)c8c7[C@@]4(CCN6C)[C@H]2O8)CC[C@@]3(O)[C@H]1C5. The van der Waals surface area contributed by atoms with Gasteiger partial charge < -0.3 is 39.7 Å². The molecule has 4 fully saturated rings. The van der Waals surface area contributed by atoms with Gasteiger partial charge >= 0.3 is 0 Å². The minimum absolute atomic E-state index is 0.0377. The molecular formula is C34H38N4O6. The average Bonchev–Trinajstić information content (AvgIpc) is 3.54. The van der Waals surface area contributed by atoms with E-state index in [1.165, 1.54) is 0 Å². The summed E-state index contributed by atoms with van der Waals surface area (Å²) < 4.78 is 13.2. The number of nitrogens with zero attached hydrogens (tertiary/aromatic N) is 4. The zero-order valence-electron chi connectivity index (χ0n) is 25.1. The van der Waals surface area contributed by atoms with Crippen LogP contribution in [0.4, 0.5) is 0 Å². The molecule has 2 aromatic carbocycles. The minimum Gasteiger partial charge on any atom is -0.504 e. The molecule has 44 heavy (non-hydrogen) atoms. The van der Waals surface area contributed by atoms with Crippen LogP contribution in [-0.4, -0.2) is 104 Å². The summed E-state index contributed by atoms with van der Waals surface area (Å²) in [4.78, 5) is 4.55. The van der Waals surface area contributed by atoms with E-state index < -0.39 is 34.2 Å². The Bertz CT molecular complexity index is 1620. The maximum Gasteiger partial charge on any atom is 0.166 e. The highest BCUT2D eigenvalue weighted by Crippen LogP contribution is 2.66. The van der Waals surface area contributed by atoms with Crippen LogP contribution in [0.1, 0.15) is 60.8 Å². The van der Waals surface area contributed by atoms with Gasteiger partial charge in [-0.1, -0.05) is 12.1 Å². The predicted molar refractivity (Wildman–Crippen MR) is 161 cm³/mol. The molecule has 4 heterocycles. The molecule has 4 bridgehead atoms. The number of rotatable bonds is 1. The van der Waals surface area contributed by atoms with E-state index in [0.29, 0.717) is 50.0 Å². The third kappa shape index (κ3) is 2.61. The van der Waals surface area contributed by atoms with Crippen molar-refractivity contribution in [3.63, 3.8) is 0 Å². The first-order valence-corrected chi connectivity index (χ1v) is 16.2. The quantitative estimate of drug-likeness (QED) is 0.368. The van der Waals surface area contributed by atoms with Crippen LogP contribution in [0.25, 0.3) is 0 Å². The lowest BCUT2D eigenvalue weighted by atomic mass is 9.49. The topological polar surface area (TPSA) is 131 Å². The number of phenols is 2. The molecule has 8 aliphatic rings. The Hall–Kier alpha value is -3.18. The number of likely N-dealkylation sites (N-methyl/N-ethyl adjacent to an activating group) is 2. The van der Waals surface area contributed by atoms with Gasteiger partial charge in [-0.15, -0.1) is 0 Å². The van der Waals surface area contributed by atoms with Crippen molar-refractivity contribution in [2.75, 3.05) is 27.2 Å². The molecule has 4 N–H and O–H groups in total. The van der Waals surface area contributed by atoms with Gasteiger partial charge in [0.25, 0.3) is 0 Å². The molecular weight excluding hydrogens is 560 g/mol. The van der Waals surface area contributed by atoms with E-state index in [4.69, 9.17) is 19.7 Å². The summed E-state index contributed by atoms with van der Waals surface area (Å²) in [6.45, 7) is 1.64. The number of aromatic hydroxyl groups is 2. The van der Waals surface area contributed by atoms with Gasteiger partial charge in [-0.05, 0) is 102 Å². The monoisotopic (exact) mass is 598 g/mol. The lowest BCUT2D eigenvalue weighted by Crippen LogP contribution is -2.76. The second-order valence-corrected chi connectivity index (χ2v) is 14.8. The summed E-state index contributed by atoms with van der Waals surface area (Å²) in [5, 5.41) is 56.7. The molecule has 0 unspecified atom stereocenters. The first kappa shape index (κ1) is 26.1. The van der Waals surface area contributed by atoms with Crippen molar-refractivity contribution in [3.8, 4) is 23.0 Å². The number of benzene rings is 2. The fourth-order valence-corrected chi connectivity index (χ4v) is 11.4. The van der Waals surface area contributed by atoms with E-state index in [-0.39, 0.29) is 23.6 Å². The van der Waals surface area contributed by atoms with E-state index in [9.17, 15) is 20.4 Å². The first-order valence-electron chi connectivity index (χ1n) is 16.2. The van der Waals surface area contributed by atoms with Crippen LogP contribution in [0.15, 0.2) is 34.5 Å². The van der Waals surface area contributed by atoms with Gasteiger partial charge in [0.05, 0.1) is 33.5 Å². The second-order valence-electron chi connectivity index (χ2n) is 14.8. The molecule has 10 nitrogen and oxygen atoms in total. The fraction of sp³-hybridized carbons (Fsp3) is 0.588. The molecule has 10 rings (SSSR count). The van der Waals surface area contributed by atoms with Crippen LogP contribution in [0.3, 0.4) is 0 Å². The van der Waals surface area contributed by atoms with Gasteiger partial charge in [-0.3, -0.25) is 0 Å². The molecule has 2 spiro atoms. The van der Waals surface area contributed by atoms with E-state index in [1.807, 2.05) is 12.1 Å². The largest absolute Gasteiger partial charge is 0.504 e. The van der Waals surface area contributed by atoms with Crippen LogP contribution in [0, 0.1) is 0 Å². The highest BCUT2D eigenvalue weighted by Gasteiger charge is 2.74. The van der Waals surface area contributed by atoms with E-state index in [2.05, 4.69) is 23.9 Å². The van der Waals surface area contributed by atoms with Gasteiger partial charge in [0, 0.05) is 23.2 Å². The minimum atomic E-state index is -1.00. The van der Waals surface area contributed by atoms with Gasteiger partial charge in [0.1, 0.15) is 0 Å². The lowest BCUT2D eigenvalue weighted by molar-refractivity contribution is -0.161. The van der Waals surface area contributed by atoms with Crippen LogP contribution in [0.5, 0.6) is 23.0 Å². The molecule has 2 aromatic rings. The second kappa shape index (κ2) is 7.96. The third-order valence-corrected chi connectivity index (χ3v) is 13.4. The highest BCUT2D eigenvalue weighted by molar-refractivity contribution is 5.97. The number of aliphatic hydroxyl groups is 2. The van der Waals surface area contributed by atoms with Crippen LogP contribution in [-0.2, 0) is 23.7 Å². The normalized spacial score (nSPS) is 44.3. The van der Waals surface area contributed by atoms with Gasteiger partial charge in [0.15, 0.2) is 35.2 Å². The Morgan fingerprint density at radius 1 is 0.682 bits per heavy atom. The molecule has 2 saturated heterocycles. The van der Waals surface area contributed by atoms with Crippen LogP contribution < -0.4 is 9.47 Å². The summed E-state index contributed by atoms with van der Waals surface area (Å²) in [5.74, 6) is 1.17. The number of hydrogen-bond acceptors (Lipinski definition) is 10. The highest BCUT2D eigenvalue weighted by atomic mass is 16.5. The van der Waals surface area contributed by atoms with Crippen molar-refractivity contribution in [2.24, 2.45) is 10.2 Å². The Balaban J connectivity index is 1.10. The molecule has 0 radical (unpaired) electrons. The number of ether oxygens (including phenoxy) is 2. The zero-order chi connectivity index (χ0) is 30.0. The number of likely N-dealkylation sites (tertiary alicyclic amines) is 2. The summed E-state index contributed by atoms with van der Waals surface area (Å²) in [6, 6.07) is 7.31. The zero-order valence-corrected chi connectivity index (χ0v) is 25.1. The number of phenolic OH excluding ortho intramolecular Hbond substituents is 2. The lowest BCUT2D eigenvalue weighted by Gasteiger charge is -2.62. The molecule has 0 amide bonds. The summed E-state index contributed by atoms with van der Waals surface area (Å²) in [7, 11) is 4.18. The standard InChI is InChI=1S/C34H38N4O6/c1-37-13-11-31-25-17-3-5-21(39)27(25)43-29(31)19(7-9-33(31,41)23(37)15-17)35-36-20-8-10-34(42)24-16-18-4-6-22(40)28-26(18)32(34,30(20)44-28)12-14-38(24)2/h3-6,23-24,29-30,39-42H,7-16H2,1-2H3/b35-19-,36-20-/t23-,24-,29+,30+,31+,32+,33-,34-/m1/s1. The molecule has 10 heteroatoms. The Morgan fingerprint density at radius 3 is 1.55 bits per heavy atom. The smallest absolute Gasteiger partial charge is 0.166 e. The van der Waals surface area contributed by atoms with Crippen molar-refractivity contribution in [3.05, 3.63) is 46.5 Å². The molecule has 0 aromatic heterocycles. The van der Waals surface area contributed by atoms with Crippen molar-refractivity contribution in [1.82, 2.24) is 9.80 Å². The molecule has 8 atom stereocenters. The first-order chi connectivity index (χ1) is 21.1. The fourth-order valence-electron chi connectivity index (χ4n) is 11.4. The maximum absolute atomic E-state index is 12.5. The summed E-state index contributed by atoms with van der Waals surface area (Å²) >= 11 is 0. The van der Waals surface area contributed by atoms with Crippen molar-refractivity contribution < 1.29 is 29.9 Å². The van der Waals surface area contributed by atoms with Crippen molar-refractivity contribution in [2.45, 2.75) is 97.7 Å². The van der Waals surface area contributed by atoms with Gasteiger partial charge in [-0.25, -0.2) is 0 Å². The summed E-state index contributed by atoms with van der Waals surface area (Å²) in [5.41, 5.74) is 2.31. The van der Waals surface area contributed by atoms with E-state index in [1.54, 1.807) is 12.1 Å². The average molecular weight is 599 g/mol. The number of piperidine rings is 2.